The van der Waals surface area contributed by atoms with Crippen LogP contribution in [-0.4, -0.2) is 25.7 Å². The summed E-state index contributed by atoms with van der Waals surface area (Å²) in [6.07, 6.45) is 6.75. The van der Waals surface area contributed by atoms with Crippen LogP contribution < -0.4 is 9.47 Å². The highest BCUT2D eigenvalue weighted by atomic mass is 16.5. The maximum atomic E-state index is 12.0. The van der Waals surface area contributed by atoms with Gasteiger partial charge in [0.2, 0.25) is 0 Å². The van der Waals surface area contributed by atoms with Gasteiger partial charge < -0.3 is 14.2 Å². The van der Waals surface area contributed by atoms with Crippen molar-refractivity contribution in [3.63, 3.8) is 0 Å². The van der Waals surface area contributed by atoms with Gasteiger partial charge in [-0.25, -0.2) is 9.59 Å². The van der Waals surface area contributed by atoms with Crippen molar-refractivity contribution in [3.8, 4) is 11.5 Å². The molecule has 0 heterocycles. The second kappa shape index (κ2) is 11.6. The van der Waals surface area contributed by atoms with Gasteiger partial charge in [-0.1, -0.05) is 38.3 Å². The molecular formula is C23H25O5. The third kappa shape index (κ3) is 7.27. The summed E-state index contributed by atoms with van der Waals surface area (Å²) in [5.41, 5.74) is 1.27. The molecule has 0 fully saturated rings. The summed E-state index contributed by atoms with van der Waals surface area (Å²) < 4.78 is 15.5. The number of hydrogen-bond donors (Lipinski definition) is 0. The first kappa shape index (κ1) is 21.2. The molecule has 0 atom stereocenters. The summed E-state index contributed by atoms with van der Waals surface area (Å²) in [6, 6.07) is 13.6. The predicted octanol–water partition coefficient (Wildman–Crippen LogP) is 4.87. The van der Waals surface area contributed by atoms with Crippen molar-refractivity contribution < 1.29 is 23.8 Å². The van der Waals surface area contributed by atoms with Crippen LogP contribution >= 0.6 is 0 Å². The number of esters is 2. The van der Waals surface area contributed by atoms with Gasteiger partial charge in [-0.2, -0.15) is 0 Å². The zero-order valence-corrected chi connectivity index (χ0v) is 16.1. The monoisotopic (exact) mass is 381 g/mol. The zero-order valence-electron chi connectivity index (χ0n) is 16.1. The molecule has 0 saturated heterocycles. The average molecular weight is 381 g/mol. The van der Waals surface area contributed by atoms with Crippen LogP contribution in [0.3, 0.4) is 0 Å². The summed E-state index contributed by atoms with van der Waals surface area (Å²) in [6.45, 7) is 4.17. The lowest BCUT2D eigenvalue weighted by Crippen LogP contribution is -2.07. The lowest BCUT2D eigenvalue weighted by molar-refractivity contribution is -0.128. The van der Waals surface area contributed by atoms with Gasteiger partial charge in [0.15, 0.2) is 0 Å². The molecule has 0 N–H and O–H groups in total. The highest BCUT2D eigenvalue weighted by molar-refractivity contribution is 5.90. The molecule has 147 valence electrons. The van der Waals surface area contributed by atoms with Crippen molar-refractivity contribution in [3.05, 3.63) is 72.7 Å². The van der Waals surface area contributed by atoms with Gasteiger partial charge in [-0.15, -0.1) is 0 Å². The fraction of sp³-hybridized carbons (Fsp3) is 0.261. The molecule has 2 aromatic carbocycles. The minimum absolute atomic E-state index is 0.358. The Labute approximate surface area is 165 Å². The van der Waals surface area contributed by atoms with Gasteiger partial charge in [0.25, 0.3) is 0 Å². The summed E-state index contributed by atoms with van der Waals surface area (Å²) in [4.78, 5) is 23.9. The van der Waals surface area contributed by atoms with Crippen LogP contribution in [0, 0.1) is 6.92 Å². The lowest BCUT2D eigenvalue weighted by atomic mass is 10.2. The van der Waals surface area contributed by atoms with E-state index < -0.39 is 5.97 Å². The highest BCUT2D eigenvalue weighted by Gasteiger charge is 2.08. The predicted molar refractivity (Wildman–Crippen MR) is 108 cm³/mol. The maximum Gasteiger partial charge on any atom is 0.338 e. The van der Waals surface area contributed by atoms with E-state index in [1.807, 2.05) is 24.3 Å². The van der Waals surface area contributed by atoms with Crippen molar-refractivity contribution in [1.29, 1.82) is 0 Å². The lowest BCUT2D eigenvalue weighted by Gasteiger charge is -2.06. The Hall–Kier alpha value is -3.08. The van der Waals surface area contributed by atoms with Crippen molar-refractivity contribution in [1.82, 2.24) is 0 Å². The summed E-state index contributed by atoms with van der Waals surface area (Å²) in [5, 5.41) is 0. The molecule has 0 saturated carbocycles. The third-order valence-electron chi connectivity index (χ3n) is 3.96. The third-order valence-corrected chi connectivity index (χ3v) is 3.96. The number of rotatable bonds is 10. The number of hydrogen-bond acceptors (Lipinski definition) is 5. The Bertz CT molecular complexity index is 776. The molecule has 2 rings (SSSR count). The Morgan fingerprint density at radius 1 is 0.929 bits per heavy atom. The molecule has 0 aromatic heterocycles. The minimum Gasteiger partial charge on any atom is -0.497 e. The fourth-order valence-electron chi connectivity index (χ4n) is 2.39. The summed E-state index contributed by atoms with van der Waals surface area (Å²) >= 11 is 0. The highest BCUT2D eigenvalue weighted by Crippen LogP contribution is 2.15. The van der Waals surface area contributed by atoms with E-state index in [1.165, 1.54) is 6.08 Å². The molecule has 0 aliphatic carbocycles. The molecule has 28 heavy (non-hydrogen) atoms. The van der Waals surface area contributed by atoms with Gasteiger partial charge in [0.05, 0.1) is 19.3 Å². The first-order chi connectivity index (χ1) is 13.6. The van der Waals surface area contributed by atoms with Crippen molar-refractivity contribution >= 4 is 18.0 Å². The second-order valence-electron chi connectivity index (χ2n) is 6.10. The molecule has 0 aliphatic heterocycles. The average Bonchev–Trinajstić information content (AvgIpc) is 2.73. The number of methoxy groups -OCH3 is 1. The maximum absolute atomic E-state index is 12.0. The number of carbonyl (C=O) groups excluding carboxylic acids is 2. The standard InChI is InChI=1S/C23H25O5/c1-3-4-5-6-17-27-23(25)19-10-14-21(15-11-19)28-22(24)16-9-18-7-12-20(26-2)13-8-18/h7-16H,1,3-6,17H2,2H3/b16-9+. The first-order valence-corrected chi connectivity index (χ1v) is 9.23. The second-order valence-corrected chi connectivity index (χ2v) is 6.10. The molecule has 1 radical (unpaired) electrons. The van der Waals surface area contributed by atoms with E-state index in [-0.39, 0.29) is 5.97 Å². The fourth-order valence-corrected chi connectivity index (χ4v) is 2.39. The Kier molecular flexibility index (Phi) is 8.79. The van der Waals surface area contributed by atoms with E-state index in [0.717, 1.165) is 37.0 Å². The van der Waals surface area contributed by atoms with E-state index in [2.05, 4.69) is 6.92 Å². The van der Waals surface area contributed by atoms with Crippen molar-refractivity contribution in [2.45, 2.75) is 25.7 Å². The molecule has 0 aliphatic rings. The van der Waals surface area contributed by atoms with Crippen LogP contribution in [0.2, 0.25) is 0 Å². The van der Waals surface area contributed by atoms with Gasteiger partial charge in [-0.3, -0.25) is 0 Å². The number of unbranched alkanes of at least 4 members (excludes halogenated alkanes) is 3. The summed E-state index contributed by atoms with van der Waals surface area (Å²) in [5.74, 6) is 0.219. The quantitative estimate of drug-likeness (QED) is 0.254. The van der Waals surface area contributed by atoms with E-state index in [4.69, 9.17) is 14.2 Å². The Morgan fingerprint density at radius 3 is 2.25 bits per heavy atom. The van der Waals surface area contributed by atoms with Gasteiger partial charge in [0, 0.05) is 6.08 Å². The Morgan fingerprint density at radius 2 is 1.61 bits per heavy atom. The minimum atomic E-state index is -0.503. The molecule has 0 bridgehead atoms. The Balaban J connectivity index is 1.81. The van der Waals surface area contributed by atoms with Crippen LogP contribution in [0.1, 0.15) is 41.6 Å². The van der Waals surface area contributed by atoms with Crippen molar-refractivity contribution in [2.24, 2.45) is 0 Å². The van der Waals surface area contributed by atoms with Gasteiger partial charge in [-0.05, 0) is 54.5 Å². The topological polar surface area (TPSA) is 61.8 Å². The van der Waals surface area contributed by atoms with Gasteiger partial charge >= 0.3 is 11.9 Å². The molecule has 0 amide bonds. The van der Waals surface area contributed by atoms with E-state index >= 15 is 0 Å². The van der Waals surface area contributed by atoms with Crippen LogP contribution in [0.5, 0.6) is 11.5 Å². The van der Waals surface area contributed by atoms with Crippen LogP contribution in [-0.2, 0) is 9.53 Å². The molecule has 2 aromatic rings. The number of ether oxygens (including phenoxy) is 3. The van der Waals surface area contributed by atoms with E-state index in [0.29, 0.717) is 17.9 Å². The van der Waals surface area contributed by atoms with E-state index in [9.17, 15) is 9.59 Å². The summed E-state index contributed by atoms with van der Waals surface area (Å²) in [7, 11) is 1.60. The smallest absolute Gasteiger partial charge is 0.338 e. The number of carbonyl (C=O) groups is 2. The van der Waals surface area contributed by atoms with Crippen molar-refractivity contribution in [2.75, 3.05) is 13.7 Å². The molecular weight excluding hydrogens is 356 g/mol. The van der Waals surface area contributed by atoms with Crippen LogP contribution in [0.15, 0.2) is 54.6 Å². The molecule has 0 unspecified atom stereocenters. The largest absolute Gasteiger partial charge is 0.497 e. The van der Waals surface area contributed by atoms with E-state index in [1.54, 1.807) is 37.5 Å². The normalized spacial score (nSPS) is 10.6. The van der Waals surface area contributed by atoms with Gasteiger partial charge in [0.1, 0.15) is 11.5 Å². The SMILES string of the molecule is [CH2]CCCCCOC(=O)c1ccc(OC(=O)/C=C/c2ccc(OC)cc2)cc1. The number of benzene rings is 2. The zero-order chi connectivity index (χ0) is 20.2. The molecule has 5 nitrogen and oxygen atoms in total. The van der Waals surface area contributed by atoms with Crippen LogP contribution in [0.4, 0.5) is 0 Å². The van der Waals surface area contributed by atoms with Crippen LogP contribution in [0.25, 0.3) is 6.08 Å². The molecule has 0 spiro atoms. The first-order valence-electron chi connectivity index (χ1n) is 9.23. The molecule has 5 heteroatoms.